The molecule has 3 aromatic rings. The normalized spacial score (nSPS) is 17.2. The molecule has 0 unspecified atom stereocenters. The number of aromatic nitrogens is 3. The molecule has 0 aliphatic carbocycles. The first-order valence-electron chi connectivity index (χ1n) is 10.4. The maximum Gasteiger partial charge on any atom is 0.219 e. The largest absolute Gasteiger partial charge is 0.489 e. The predicted octanol–water partition coefficient (Wildman–Crippen LogP) is 3.14. The van der Waals surface area contributed by atoms with Crippen molar-refractivity contribution < 1.29 is 13.9 Å². The monoisotopic (exact) mass is 409 g/mol. The van der Waals surface area contributed by atoms with Crippen LogP contribution in [0.1, 0.15) is 42.4 Å². The molecule has 0 saturated carbocycles. The molecule has 1 amide bonds. The number of ether oxygens (including phenoxy) is 1. The molecule has 1 N–H and O–H groups in total. The fourth-order valence-corrected chi connectivity index (χ4v) is 4.56. The highest BCUT2D eigenvalue weighted by molar-refractivity contribution is 5.73. The van der Waals surface area contributed by atoms with Crippen molar-refractivity contribution in [3.05, 3.63) is 53.1 Å². The smallest absolute Gasteiger partial charge is 0.219 e. The zero-order valence-electron chi connectivity index (χ0n) is 16.9. The first-order chi connectivity index (χ1) is 14.6. The fourth-order valence-electron chi connectivity index (χ4n) is 4.56. The van der Waals surface area contributed by atoms with Crippen LogP contribution in [0.15, 0.2) is 30.6 Å². The Morgan fingerprint density at radius 3 is 2.93 bits per heavy atom. The summed E-state index contributed by atoms with van der Waals surface area (Å²) in [4.78, 5) is 13.6. The predicted molar refractivity (Wildman–Crippen MR) is 110 cm³/mol. The second kappa shape index (κ2) is 7.59. The van der Waals surface area contributed by atoms with Gasteiger partial charge in [0, 0.05) is 44.1 Å². The number of amides is 1. The molecule has 2 aliphatic rings. The molecule has 0 bridgehead atoms. The van der Waals surface area contributed by atoms with Gasteiger partial charge in [-0.2, -0.15) is 0 Å². The van der Waals surface area contributed by atoms with Gasteiger partial charge in [0.25, 0.3) is 0 Å². The number of rotatable bonds is 1. The van der Waals surface area contributed by atoms with Crippen LogP contribution >= 0.6 is 0 Å². The van der Waals surface area contributed by atoms with E-state index < -0.39 is 0 Å². The van der Waals surface area contributed by atoms with Crippen LogP contribution in [-0.4, -0.2) is 45.1 Å². The third kappa shape index (κ3) is 3.26. The summed E-state index contributed by atoms with van der Waals surface area (Å²) in [7, 11) is 0. The van der Waals surface area contributed by atoms with E-state index in [0.29, 0.717) is 25.1 Å². The van der Waals surface area contributed by atoms with Gasteiger partial charge in [0.05, 0.1) is 6.61 Å². The molecule has 30 heavy (non-hydrogen) atoms. The summed E-state index contributed by atoms with van der Waals surface area (Å²) < 4.78 is 22.4. The number of benzene rings is 1. The topological polar surface area (TPSA) is 71.8 Å². The minimum absolute atomic E-state index is 0.120. The molecule has 0 atom stereocenters. The van der Waals surface area contributed by atoms with Gasteiger partial charge in [0.1, 0.15) is 12.1 Å². The van der Waals surface area contributed by atoms with Crippen LogP contribution in [0.2, 0.25) is 0 Å². The van der Waals surface area contributed by atoms with Crippen molar-refractivity contribution in [1.82, 2.24) is 19.5 Å². The SMILES string of the molecule is CC(=O)N1CCC(c2cc3c(n4cnnc24)NCc2c(F)cccc2CCO3)CC1. The van der Waals surface area contributed by atoms with Crippen molar-refractivity contribution in [2.75, 3.05) is 25.0 Å². The molecule has 0 spiro atoms. The van der Waals surface area contributed by atoms with Gasteiger partial charge in [-0.3, -0.25) is 9.20 Å². The molecule has 1 aromatic carbocycles. The van der Waals surface area contributed by atoms with Crippen LogP contribution in [-0.2, 0) is 17.8 Å². The lowest BCUT2D eigenvalue weighted by atomic mass is 9.89. The van der Waals surface area contributed by atoms with Crippen LogP contribution in [0.25, 0.3) is 5.65 Å². The number of fused-ring (bicyclic) bond motifs is 4. The average Bonchev–Trinajstić information content (AvgIpc) is 3.25. The molecule has 156 valence electrons. The average molecular weight is 409 g/mol. The first kappa shape index (κ1) is 18.8. The second-order valence-corrected chi connectivity index (χ2v) is 7.95. The maximum absolute atomic E-state index is 14.4. The van der Waals surface area contributed by atoms with Crippen molar-refractivity contribution >= 4 is 17.4 Å². The lowest BCUT2D eigenvalue weighted by Crippen LogP contribution is -2.36. The maximum atomic E-state index is 14.4. The summed E-state index contributed by atoms with van der Waals surface area (Å²) in [5.41, 5.74) is 3.47. The van der Waals surface area contributed by atoms with Crippen molar-refractivity contribution in [3.63, 3.8) is 0 Å². The Morgan fingerprint density at radius 2 is 2.13 bits per heavy atom. The Morgan fingerprint density at radius 1 is 1.30 bits per heavy atom. The van der Waals surface area contributed by atoms with Crippen molar-refractivity contribution in [2.24, 2.45) is 0 Å². The van der Waals surface area contributed by atoms with Gasteiger partial charge in [-0.1, -0.05) is 12.1 Å². The van der Waals surface area contributed by atoms with Crippen LogP contribution in [0, 0.1) is 5.82 Å². The molecule has 1 saturated heterocycles. The Bertz CT molecular complexity index is 1100. The number of carbonyl (C=O) groups is 1. The third-order valence-electron chi connectivity index (χ3n) is 6.22. The van der Waals surface area contributed by atoms with Crippen LogP contribution in [0.4, 0.5) is 10.2 Å². The molecule has 1 fully saturated rings. The molecule has 8 heteroatoms. The molecule has 4 heterocycles. The number of nitrogens with one attached hydrogen (secondary N) is 1. The van der Waals surface area contributed by atoms with Crippen LogP contribution < -0.4 is 10.1 Å². The highest BCUT2D eigenvalue weighted by Gasteiger charge is 2.27. The Balaban J connectivity index is 1.51. The Labute approximate surface area is 173 Å². The van der Waals surface area contributed by atoms with E-state index in [4.69, 9.17) is 4.74 Å². The summed E-state index contributed by atoms with van der Waals surface area (Å²) >= 11 is 0. The van der Waals surface area contributed by atoms with Gasteiger partial charge in [-0.15, -0.1) is 10.2 Å². The number of halogens is 1. The minimum Gasteiger partial charge on any atom is -0.489 e. The van der Waals surface area contributed by atoms with E-state index in [1.807, 2.05) is 21.4 Å². The number of nitrogens with zero attached hydrogens (tertiary/aromatic N) is 4. The summed E-state index contributed by atoms with van der Waals surface area (Å²) in [6.07, 6.45) is 4.07. The van der Waals surface area contributed by atoms with Gasteiger partial charge in [-0.25, -0.2) is 4.39 Å². The summed E-state index contributed by atoms with van der Waals surface area (Å²) in [5.74, 6) is 1.64. The van der Waals surface area contributed by atoms with Gasteiger partial charge >= 0.3 is 0 Å². The zero-order valence-corrected chi connectivity index (χ0v) is 16.9. The van der Waals surface area contributed by atoms with E-state index in [1.165, 1.54) is 6.07 Å². The Hall–Kier alpha value is -3.16. The number of pyridine rings is 1. The van der Waals surface area contributed by atoms with Gasteiger partial charge in [0.15, 0.2) is 17.2 Å². The van der Waals surface area contributed by atoms with E-state index >= 15 is 0 Å². The van der Waals surface area contributed by atoms with Crippen molar-refractivity contribution in [1.29, 1.82) is 0 Å². The molecule has 0 radical (unpaired) electrons. The number of hydrogen-bond donors (Lipinski definition) is 1. The van der Waals surface area contributed by atoms with Crippen LogP contribution in [0.5, 0.6) is 5.75 Å². The van der Waals surface area contributed by atoms with E-state index in [9.17, 15) is 9.18 Å². The first-order valence-corrected chi connectivity index (χ1v) is 10.4. The quantitative estimate of drug-likeness (QED) is 0.669. The number of piperidine rings is 1. The third-order valence-corrected chi connectivity index (χ3v) is 6.22. The zero-order chi connectivity index (χ0) is 20.7. The standard InChI is InChI=1S/C22H24FN5O2/c1-14(29)27-8-5-16(6-9-27)17-11-20-22(28-13-25-26-21(17)28)24-12-18-15(7-10-30-20)3-2-4-19(18)23/h2-4,11,13,16,24H,5-10,12H2,1H3. The van der Waals surface area contributed by atoms with E-state index in [-0.39, 0.29) is 17.6 Å². The van der Waals surface area contributed by atoms with Gasteiger partial charge in [0.2, 0.25) is 5.91 Å². The number of likely N-dealkylation sites (tertiary alicyclic amines) is 1. The lowest BCUT2D eigenvalue weighted by molar-refractivity contribution is -0.129. The number of carbonyl (C=O) groups excluding carboxylic acids is 1. The highest BCUT2D eigenvalue weighted by atomic mass is 19.1. The summed E-state index contributed by atoms with van der Waals surface area (Å²) in [5, 5.41) is 11.8. The molecular weight excluding hydrogens is 385 g/mol. The van der Waals surface area contributed by atoms with E-state index in [2.05, 4.69) is 15.5 Å². The molecule has 5 rings (SSSR count). The summed E-state index contributed by atoms with van der Waals surface area (Å²) in [6.45, 7) is 3.92. The number of anilines is 1. The van der Waals surface area contributed by atoms with Crippen molar-refractivity contribution in [2.45, 2.75) is 38.6 Å². The number of hydrogen-bond acceptors (Lipinski definition) is 5. The van der Waals surface area contributed by atoms with Crippen molar-refractivity contribution in [3.8, 4) is 5.75 Å². The van der Waals surface area contributed by atoms with Gasteiger partial charge < -0.3 is 15.0 Å². The van der Waals surface area contributed by atoms with E-state index in [0.717, 1.165) is 54.3 Å². The highest BCUT2D eigenvalue weighted by Crippen LogP contribution is 2.37. The van der Waals surface area contributed by atoms with Gasteiger partial charge in [-0.05, 0) is 36.5 Å². The lowest BCUT2D eigenvalue weighted by Gasteiger charge is -2.31. The second-order valence-electron chi connectivity index (χ2n) is 7.95. The Kier molecular flexibility index (Phi) is 4.77. The molecule has 2 aromatic heterocycles. The van der Waals surface area contributed by atoms with Crippen LogP contribution in [0.3, 0.4) is 0 Å². The fraction of sp³-hybridized carbons (Fsp3) is 0.409. The summed E-state index contributed by atoms with van der Waals surface area (Å²) in [6, 6.07) is 7.22. The molecule has 2 aliphatic heterocycles. The molecule has 7 nitrogen and oxygen atoms in total. The minimum atomic E-state index is -0.211. The molecular formula is C22H24FN5O2. The van der Waals surface area contributed by atoms with E-state index in [1.54, 1.807) is 19.3 Å².